The first-order valence-electron chi connectivity index (χ1n) is 4.20. The van der Waals surface area contributed by atoms with Crippen LogP contribution in [0.1, 0.15) is 12.8 Å². The average molecular weight is 200 g/mol. The van der Waals surface area contributed by atoms with E-state index in [4.69, 9.17) is 0 Å². The molecule has 1 rings (SSSR count). The van der Waals surface area contributed by atoms with E-state index in [-0.39, 0.29) is 31.2 Å². The highest BCUT2D eigenvalue weighted by Gasteiger charge is 2.31. The summed E-state index contributed by atoms with van der Waals surface area (Å²) in [4.78, 5) is 39.1. The maximum Gasteiger partial charge on any atom is 0.265 e. The van der Waals surface area contributed by atoms with Crippen molar-refractivity contribution >= 4 is 17.7 Å². The van der Waals surface area contributed by atoms with Gasteiger partial charge in [-0.05, 0) is 0 Å². The molecule has 1 heterocycles. The van der Waals surface area contributed by atoms with Gasteiger partial charge in [0.25, 0.3) is 5.91 Å². The Bertz CT molecular complexity index is 261. The first kappa shape index (κ1) is 10.6. The molecule has 0 aliphatic carbocycles. The zero-order valence-corrected chi connectivity index (χ0v) is 8.15. The summed E-state index contributed by atoms with van der Waals surface area (Å²) < 4.78 is 0. The van der Waals surface area contributed by atoms with Gasteiger partial charge in [-0.2, -0.15) is 0 Å². The number of rotatable bonds is 3. The zero-order chi connectivity index (χ0) is 10.7. The van der Waals surface area contributed by atoms with Crippen molar-refractivity contribution in [3.8, 4) is 0 Å². The summed E-state index contributed by atoms with van der Waals surface area (Å²) >= 11 is 0. The number of carbonyl (C=O) groups excluding carboxylic acids is 3. The summed E-state index contributed by atoms with van der Waals surface area (Å²) in [6, 6.07) is 0. The van der Waals surface area contributed by atoms with Crippen molar-refractivity contribution in [3.05, 3.63) is 0 Å². The van der Waals surface area contributed by atoms with Gasteiger partial charge in [0, 0.05) is 19.9 Å². The van der Waals surface area contributed by atoms with E-state index in [2.05, 4.69) is 4.84 Å². The SMILES string of the molecule is CON(C)C(=O)CN1C(=O)CCC1=O. The van der Waals surface area contributed by atoms with Gasteiger partial charge in [-0.3, -0.25) is 24.1 Å². The van der Waals surface area contributed by atoms with E-state index in [9.17, 15) is 14.4 Å². The highest BCUT2D eigenvalue weighted by molar-refractivity contribution is 6.04. The second-order valence-electron chi connectivity index (χ2n) is 2.95. The largest absolute Gasteiger partial charge is 0.275 e. The Labute approximate surface area is 81.4 Å². The zero-order valence-electron chi connectivity index (χ0n) is 8.15. The maximum atomic E-state index is 11.3. The van der Waals surface area contributed by atoms with Crippen LogP contribution in [0.4, 0.5) is 0 Å². The Kier molecular flexibility index (Phi) is 3.19. The first-order valence-corrected chi connectivity index (χ1v) is 4.20. The molecule has 0 bridgehead atoms. The van der Waals surface area contributed by atoms with Gasteiger partial charge in [0.1, 0.15) is 6.54 Å². The van der Waals surface area contributed by atoms with Gasteiger partial charge < -0.3 is 0 Å². The standard InChI is InChI=1S/C8H12N2O4/c1-9(14-2)8(13)5-10-6(11)3-4-7(10)12/h3-5H2,1-2H3. The van der Waals surface area contributed by atoms with E-state index < -0.39 is 5.91 Å². The van der Waals surface area contributed by atoms with Crippen molar-refractivity contribution in [2.24, 2.45) is 0 Å². The van der Waals surface area contributed by atoms with Gasteiger partial charge in [0.05, 0.1) is 7.11 Å². The van der Waals surface area contributed by atoms with Crippen LogP contribution in [-0.2, 0) is 19.2 Å². The molecule has 14 heavy (non-hydrogen) atoms. The van der Waals surface area contributed by atoms with Crippen LogP contribution in [0.5, 0.6) is 0 Å². The van der Waals surface area contributed by atoms with Gasteiger partial charge >= 0.3 is 0 Å². The fourth-order valence-electron chi connectivity index (χ4n) is 1.14. The summed E-state index contributed by atoms with van der Waals surface area (Å²) in [5.74, 6) is -1.02. The molecule has 0 aromatic heterocycles. The molecule has 78 valence electrons. The van der Waals surface area contributed by atoms with E-state index in [1.54, 1.807) is 0 Å². The van der Waals surface area contributed by atoms with Crippen molar-refractivity contribution in [3.63, 3.8) is 0 Å². The van der Waals surface area contributed by atoms with Crippen LogP contribution < -0.4 is 0 Å². The molecule has 0 unspecified atom stereocenters. The van der Waals surface area contributed by atoms with Crippen LogP contribution in [0.25, 0.3) is 0 Å². The third-order valence-electron chi connectivity index (χ3n) is 2.07. The fourth-order valence-corrected chi connectivity index (χ4v) is 1.14. The summed E-state index contributed by atoms with van der Waals surface area (Å²) in [6.45, 7) is -0.234. The van der Waals surface area contributed by atoms with Gasteiger partial charge in [-0.25, -0.2) is 5.06 Å². The second kappa shape index (κ2) is 4.19. The minimum absolute atomic E-state index is 0.197. The molecule has 1 fully saturated rings. The second-order valence-corrected chi connectivity index (χ2v) is 2.95. The molecule has 3 amide bonds. The number of likely N-dealkylation sites (N-methyl/N-ethyl adjacent to an activating group) is 1. The maximum absolute atomic E-state index is 11.3. The van der Waals surface area contributed by atoms with E-state index in [1.165, 1.54) is 14.2 Å². The molecule has 0 aromatic rings. The molecule has 0 aromatic carbocycles. The van der Waals surface area contributed by atoms with E-state index in [0.29, 0.717) is 0 Å². The van der Waals surface area contributed by atoms with Crippen LogP contribution in [0.3, 0.4) is 0 Å². The number of likely N-dealkylation sites (tertiary alicyclic amines) is 1. The average Bonchev–Trinajstić information content (AvgIpc) is 2.48. The van der Waals surface area contributed by atoms with Crippen LogP contribution in [-0.4, -0.2) is 48.4 Å². The van der Waals surface area contributed by atoms with Crippen molar-refractivity contribution in [1.82, 2.24) is 9.96 Å². The van der Waals surface area contributed by atoms with Crippen LogP contribution in [0.15, 0.2) is 0 Å². The number of hydroxylamine groups is 2. The predicted octanol–water partition coefficient (Wildman–Crippen LogP) is -0.845. The lowest BCUT2D eigenvalue weighted by molar-refractivity contribution is -0.171. The lowest BCUT2D eigenvalue weighted by Gasteiger charge is -2.17. The molecule has 0 radical (unpaired) electrons. The number of hydrogen-bond acceptors (Lipinski definition) is 4. The van der Waals surface area contributed by atoms with Gasteiger partial charge in [0.15, 0.2) is 0 Å². The molecular weight excluding hydrogens is 188 g/mol. The highest BCUT2D eigenvalue weighted by atomic mass is 16.7. The van der Waals surface area contributed by atoms with E-state index in [1.807, 2.05) is 0 Å². The van der Waals surface area contributed by atoms with Crippen molar-refractivity contribution in [1.29, 1.82) is 0 Å². The van der Waals surface area contributed by atoms with Crippen molar-refractivity contribution in [2.45, 2.75) is 12.8 Å². The molecule has 0 atom stereocenters. The van der Waals surface area contributed by atoms with Gasteiger partial charge in [0.2, 0.25) is 11.8 Å². The minimum atomic E-state index is -0.420. The minimum Gasteiger partial charge on any atom is -0.275 e. The third-order valence-corrected chi connectivity index (χ3v) is 2.07. The summed E-state index contributed by atoms with van der Waals surface area (Å²) in [5, 5.41) is 0.985. The Morgan fingerprint density at radius 1 is 1.43 bits per heavy atom. The summed E-state index contributed by atoms with van der Waals surface area (Å²) in [7, 11) is 2.76. The Morgan fingerprint density at radius 3 is 2.36 bits per heavy atom. The Hall–Kier alpha value is -1.43. The first-order chi connectivity index (χ1) is 6.56. The normalized spacial score (nSPS) is 16.3. The molecule has 1 saturated heterocycles. The van der Waals surface area contributed by atoms with E-state index in [0.717, 1.165) is 9.96 Å². The van der Waals surface area contributed by atoms with Crippen molar-refractivity contribution in [2.75, 3.05) is 20.7 Å². The Morgan fingerprint density at radius 2 is 1.93 bits per heavy atom. The lowest BCUT2D eigenvalue weighted by Crippen LogP contribution is -2.40. The van der Waals surface area contributed by atoms with Crippen molar-refractivity contribution < 1.29 is 19.2 Å². The van der Waals surface area contributed by atoms with Crippen LogP contribution in [0.2, 0.25) is 0 Å². The van der Waals surface area contributed by atoms with Crippen LogP contribution in [0, 0.1) is 0 Å². The summed E-state index contributed by atoms with van der Waals surface area (Å²) in [5.41, 5.74) is 0. The third kappa shape index (κ3) is 2.08. The molecule has 0 N–H and O–H groups in total. The fraction of sp³-hybridized carbons (Fsp3) is 0.625. The topological polar surface area (TPSA) is 66.9 Å². The number of amides is 3. The van der Waals surface area contributed by atoms with E-state index >= 15 is 0 Å². The highest BCUT2D eigenvalue weighted by Crippen LogP contribution is 2.11. The summed E-state index contributed by atoms with van der Waals surface area (Å²) in [6.07, 6.45) is 0.394. The Balaban J connectivity index is 2.55. The number of nitrogens with zero attached hydrogens (tertiary/aromatic N) is 2. The van der Waals surface area contributed by atoms with Gasteiger partial charge in [-0.15, -0.1) is 0 Å². The number of hydrogen-bond donors (Lipinski definition) is 0. The molecule has 1 aliphatic rings. The lowest BCUT2D eigenvalue weighted by atomic mass is 10.4. The molecule has 6 heteroatoms. The smallest absolute Gasteiger partial charge is 0.265 e. The molecule has 1 aliphatic heterocycles. The number of imide groups is 1. The number of carbonyl (C=O) groups is 3. The molecular formula is C8H12N2O4. The molecule has 0 saturated carbocycles. The van der Waals surface area contributed by atoms with Crippen LogP contribution >= 0.6 is 0 Å². The molecule has 0 spiro atoms. The quantitative estimate of drug-likeness (QED) is 0.440. The monoisotopic (exact) mass is 200 g/mol. The van der Waals surface area contributed by atoms with Gasteiger partial charge in [-0.1, -0.05) is 0 Å². The predicted molar refractivity (Wildman–Crippen MR) is 45.7 cm³/mol. The molecule has 6 nitrogen and oxygen atoms in total.